The van der Waals surface area contributed by atoms with Gasteiger partial charge in [0, 0.05) is 5.75 Å². The Bertz CT molecular complexity index is 280. The second-order valence-corrected chi connectivity index (χ2v) is 4.70. The van der Waals surface area contributed by atoms with Crippen molar-refractivity contribution in [1.29, 1.82) is 5.26 Å². The number of nitrogens with zero attached hydrogens (tertiary/aromatic N) is 3. The molecule has 1 atom stereocenters. The Balaban J connectivity index is 2.25. The van der Waals surface area contributed by atoms with Crippen molar-refractivity contribution < 1.29 is 0 Å². The van der Waals surface area contributed by atoms with Crippen LogP contribution in [0.25, 0.3) is 0 Å². The third-order valence-electron chi connectivity index (χ3n) is 1.51. The molecule has 0 amide bonds. The number of nitrogens with one attached hydrogen (secondary N) is 1. The van der Waals surface area contributed by atoms with Gasteiger partial charge < -0.3 is 5.32 Å². The second-order valence-electron chi connectivity index (χ2n) is 2.65. The summed E-state index contributed by atoms with van der Waals surface area (Å²) in [4.78, 5) is 4.04. The van der Waals surface area contributed by atoms with Crippen molar-refractivity contribution in [1.82, 2.24) is 14.7 Å². The molecule has 0 saturated carbocycles. The van der Waals surface area contributed by atoms with E-state index in [1.54, 1.807) is 11.8 Å². The summed E-state index contributed by atoms with van der Waals surface area (Å²) in [5, 5.41) is 12.0. The van der Waals surface area contributed by atoms with Crippen LogP contribution < -0.4 is 5.32 Å². The molecular weight excluding hydrogens is 216 g/mol. The van der Waals surface area contributed by atoms with Gasteiger partial charge in [0.15, 0.2) is 4.34 Å². The summed E-state index contributed by atoms with van der Waals surface area (Å²) < 4.78 is 4.81. The fraction of sp³-hybridized carbons (Fsp3) is 0.625. The maximum absolute atomic E-state index is 8.82. The van der Waals surface area contributed by atoms with E-state index in [9.17, 15) is 0 Å². The van der Waals surface area contributed by atoms with Gasteiger partial charge in [0.05, 0.1) is 6.07 Å². The molecule has 0 aromatic carbocycles. The highest BCUT2D eigenvalue weighted by Gasteiger charge is 2.07. The lowest BCUT2D eigenvalue weighted by Gasteiger charge is -2.08. The van der Waals surface area contributed by atoms with E-state index in [4.69, 9.17) is 5.26 Å². The zero-order valence-electron chi connectivity index (χ0n) is 7.93. The van der Waals surface area contributed by atoms with Crippen molar-refractivity contribution in [3.05, 3.63) is 6.33 Å². The molecule has 0 fully saturated rings. The van der Waals surface area contributed by atoms with Gasteiger partial charge >= 0.3 is 0 Å². The number of nitriles is 1. The van der Waals surface area contributed by atoms with Gasteiger partial charge in [0.25, 0.3) is 0 Å². The monoisotopic (exact) mass is 228 g/mol. The minimum absolute atomic E-state index is 0.0937. The number of hydrogen-bond acceptors (Lipinski definition) is 6. The van der Waals surface area contributed by atoms with E-state index < -0.39 is 0 Å². The first-order chi connectivity index (χ1) is 6.86. The fourth-order valence-corrected chi connectivity index (χ4v) is 2.29. The first-order valence-electron chi connectivity index (χ1n) is 4.39. The van der Waals surface area contributed by atoms with Crippen LogP contribution in [0, 0.1) is 11.3 Å². The topological polar surface area (TPSA) is 61.6 Å². The lowest BCUT2D eigenvalue weighted by Crippen LogP contribution is -2.30. The Hall–Kier alpha value is -0.640. The Kier molecular flexibility index (Phi) is 5.52. The van der Waals surface area contributed by atoms with Crippen molar-refractivity contribution in [2.45, 2.75) is 23.7 Å². The summed E-state index contributed by atoms with van der Waals surface area (Å²) in [7, 11) is 0. The standard InChI is InChI=1S/C8H12N4S2/c1-2-3-10-7(4-9)5-13-8-11-6-12-14-8/h6-7,10H,2-3,5H2,1H3. The number of thioether (sulfide) groups is 1. The smallest absolute Gasteiger partial charge is 0.169 e. The molecule has 6 heteroatoms. The zero-order valence-corrected chi connectivity index (χ0v) is 9.57. The maximum Gasteiger partial charge on any atom is 0.169 e. The van der Waals surface area contributed by atoms with Crippen molar-refractivity contribution in [2.24, 2.45) is 0 Å². The molecule has 0 aliphatic rings. The van der Waals surface area contributed by atoms with Crippen LogP contribution in [0.2, 0.25) is 0 Å². The second kappa shape index (κ2) is 6.76. The van der Waals surface area contributed by atoms with Gasteiger partial charge in [-0.05, 0) is 24.5 Å². The predicted octanol–water partition coefficient (Wildman–Crippen LogP) is 1.52. The summed E-state index contributed by atoms with van der Waals surface area (Å²) in [6, 6.07) is 2.13. The molecule has 0 aliphatic heterocycles. The molecule has 0 bridgehead atoms. The molecule has 1 heterocycles. The van der Waals surface area contributed by atoms with Gasteiger partial charge in [0.1, 0.15) is 12.4 Å². The van der Waals surface area contributed by atoms with E-state index in [1.165, 1.54) is 17.9 Å². The van der Waals surface area contributed by atoms with Crippen LogP contribution in [0.15, 0.2) is 10.7 Å². The van der Waals surface area contributed by atoms with Gasteiger partial charge in [-0.3, -0.25) is 0 Å². The summed E-state index contributed by atoms with van der Waals surface area (Å²) >= 11 is 2.93. The van der Waals surface area contributed by atoms with E-state index in [1.807, 2.05) is 0 Å². The Morgan fingerprint density at radius 3 is 3.21 bits per heavy atom. The van der Waals surface area contributed by atoms with Crippen molar-refractivity contribution >= 4 is 23.3 Å². The van der Waals surface area contributed by atoms with Crippen LogP contribution in [0.1, 0.15) is 13.3 Å². The largest absolute Gasteiger partial charge is 0.301 e. The maximum atomic E-state index is 8.82. The van der Waals surface area contributed by atoms with Crippen LogP contribution in [0.4, 0.5) is 0 Å². The van der Waals surface area contributed by atoms with Gasteiger partial charge in [-0.15, -0.1) is 0 Å². The minimum atomic E-state index is -0.0937. The van der Waals surface area contributed by atoms with Crippen LogP contribution in [-0.4, -0.2) is 27.7 Å². The highest BCUT2D eigenvalue weighted by Crippen LogP contribution is 2.18. The van der Waals surface area contributed by atoms with Gasteiger partial charge in [-0.1, -0.05) is 18.7 Å². The lowest BCUT2D eigenvalue weighted by atomic mass is 10.3. The first-order valence-corrected chi connectivity index (χ1v) is 6.15. The van der Waals surface area contributed by atoms with E-state index in [-0.39, 0.29) is 6.04 Å². The van der Waals surface area contributed by atoms with Crippen LogP contribution in [-0.2, 0) is 0 Å². The van der Waals surface area contributed by atoms with Crippen molar-refractivity contribution in [2.75, 3.05) is 12.3 Å². The summed E-state index contributed by atoms with van der Waals surface area (Å²) in [6.45, 7) is 2.97. The zero-order chi connectivity index (χ0) is 10.2. The number of rotatable bonds is 6. The molecule has 0 radical (unpaired) electrons. The van der Waals surface area contributed by atoms with Crippen LogP contribution >= 0.6 is 23.3 Å². The molecule has 4 nitrogen and oxygen atoms in total. The predicted molar refractivity (Wildman–Crippen MR) is 58.3 cm³/mol. The average Bonchev–Trinajstić information content (AvgIpc) is 2.71. The highest BCUT2D eigenvalue weighted by molar-refractivity contribution is 8.00. The SMILES string of the molecule is CCCNC(C#N)CSc1ncns1. The van der Waals surface area contributed by atoms with Crippen molar-refractivity contribution in [3.63, 3.8) is 0 Å². The molecule has 1 aromatic heterocycles. The molecule has 0 saturated heterocycles. The Morgan fingerprint density at radius 2 is 2.64 bits per heavy atom. The summed E-state index contributed by atoms with van der Waals surface area (Å²) in [6.07, 6.45) is 2.58. The molecule has 1 unspecified atom stereocenters. The Morgan fingerprint density at radius 1 is 1.79 bits per heavy atom. The normalized spacial score (nSPS) is 12.3. The minimum Gasteiger partial charge on any atom is -0.301 e. The summed E-state index contributed by atoms with van der Waals surface area (Å²) in [5.74, 6) is 0.728. The molecule has 1 rings (SSSR count). The van der Waals surface area contributed by atoms with E-state index in [2.05, 4.69) is 27.7 Å². The lowest BCUT2D eigenvalue weighted by molar-refractivity contribution is 0.637. The molecule has 14 heavy (non-hydrogen) atoms. The van der Waals surface area contributed by atoms with Gasteiger partial charge in [-0.2, -0.15) is 9.64 Å². The van der Waals surface area contributed by atoms with Crippen LogP contribution in [0.5, 0.6) is 0 Å². The third-order valence-corrected chi connectivity index (χ3v) is 3.40. The molecule has 1 N–H and O–H groups in total. The van der Waals surface area contributed by atoms with E-state index >= 15 is 0 Å². The van der Waals surface area contributed by atoms with Gasteiger partial charge in [-0.25, -0.2) is 4.98 Å². The summed E-state index contributed by atoms with van der Waals surface area (Å²) in [5.41, 5.74) is 0. The van der Waals surface area contributed by atoms with E-state index in [0.29, 0.717) is 0 Å². The Labute approximate surface area is 91.9 Å². The first kappa shape index (κ1) is 11.4. The van der Waals surface area contributed by atoms with Crippen molar-refractivity contribution in [3.8, 4) is 6.07 Å². The fourth-order valence-electron chi connectivity index (χ4n) is 0.842. The van der Waals surface area contributed by atoms with Gasteiger partial charge in [0.2, 0.25) is 0 Å². The number of hydrogen-bond donors (Lipinski definition) is 1. The molecule has 0 aliphatic carbocycles. The highest BCUT2D eigenvalue weighted by atomic mass is 32.2. The van der Waals surface area contributed by atoms with E-state index in [0.717, 1.165) is 23.1 Å². The van der Waals surface area contributed by atoms with Crippen LogP contribution in [0.3, 0.4) is 0 Å². The quantitative estimate of drug-likeness (QED) is 0.748. The third kappa shape index (κ3) is 4.05. The molecule has 76 valence electrons. The molecule has 1 aromatic rings. The number of aromatic nitrogens is 2. The molecule has 0 spiro atoms. The average molecular weight is 228 g/mol. The molecular formula is C8H12N4S2.